The molecule has 3 nitrogen and oxygen atoms in total. The van der Waals surface area contributed by atoms with Crippen LogP contribution in [0.5, 0.6) is 5.75 Å². The normalized spacial score (nSPS) is 10.2. The van der Waals surface area contributed by atoms with Crippen LogP contribution >= 0.6 is 22.6 Å². The lowest BCUT2D eigenvalue weighted by atomic mass is 10.1. The van der Waals surface area contributed by atoms with E-state index in [0.29, 0.717) is 13.0 Å². The second kappa shape index (κ2) is 7.45. The van der Waals surface area contributed by atoms with Gasteiger partial charge in [0.15, 0.2) is 0 Å². The van der Waals surface area contributed by atoms with Gasteiger partial charge in [0.1, 0.15) is 5.75 Å². The molecule has 0 saturated heterocycles. The first-order valence-electron chi connectivity index (χ1n) is 6.86. The Morgan fingerprint density at radius 3 is 2.52 bits per heavy atom. The Morgan fingerprint density at radius 2 is 1.90 bits per heavy atom. The molecule has 1 amide bonds. The van der Waals surface area contributed by atoms with Crippen LogP contribution in [0.2, 0.25) is 0 Å². The van der Waals surface area contributed by atoms with Crippen molar-refractivity contribution >= 4 is 34.2 Å². The molecule has 1 N–H and O–H groups in total. The van der Waals surface area contributed by atoms with E-state index >= 15 is 0 Å². The fourth-order valence-electron chi connectivity index (χ4n) is 2.02. The van der Waals surface area contributed by atoms with Crippen LogP contribution in [0.3, 0.4) is 0 Å². The van der Waals surface area contributed by atoms with Gasteiger partial charge in [-0.2, -0.15) is 0 Å². The van der Waals surface area contributed by atoms with Gasteiger partial charge in [0.25, 0.3) is 0 Å². The number of hydrogen-bond acceptors (Lipinski definition) is 2. The van der Waals surface area contributed by atoms with Gasteiger partial charge in [0.2, 0.25) is 5.91 Å². The highest BCUT2D eigenvalue weighted by atomic mass is 127. The summed E-state index contributed by atoms with van der Waals surface area (Å²) in [7, 11) is 0. The molecular formula is C17H18INO2. The van der Waals surface area contributed by atoms with Gasteiger partial charge in [-0.1, -0.05) is 12.1 Å². The molecule has 2 aromatic rings. The summed E-state index contributed by atoms with van der Waals surface area (Å²) in [6.07, 6.45) is 0.359. The number of carbonyl (C=O) groups is 1. The Labute approximate surface area is 138 Å². The van der Waals surface area contributed by atoms with E-state index in [0.717, 1.165) is 26.1 Å². The molecule has 0 aromatic heterocycles. The molecule has 0 aliphatic rings. The Kier molecular flexibility index (Phi) is 5.61. The van der Waals surface area contributed by atoms with E-state index in [-0.39, 0.29) is 5.91 Å². The van der Waals surface area contributed by atoms with Crippen molar-refractivity contribution in [1.82, 2.24) is 0 Å². The predicted molar refractivity (Wildman–Crippen MR) is 93.8 cm³/mol. The number of benzene rings is 2. The molecule has 0 bridgehead atoms. The third-order valence-electron chi connectivity index (χ3n) is 3.06. The molecule has 110 valence electrons. The molecule has 0 aliphatic heterocycles. The summed E-state index contributed by atoms with van der Waals surface area (Å²) in [5, 5.41) is 2.95. The van der Waals surface area contributed by atoms with E-state index in [9.17, 15) is 4.79 Å². The molecule has 4 heteroatoms. The summed E-state index contributed by atoms with van der Waals surface area (Å²) in [6.45, 7) is 4.59. The van der Waals surface area contributed by atoms with Crippen LogP contribution < -0.4 is 10.1 Å². The number of carbonyl (C=O) groups excluding carboxylic acids is 1. The first-order valence-corrected chi connectivity index (χ1v) is 7.94. The van der Waals surface area contributed by atoms with Crippen LogP contribution in [0.15, 0.2) is 42.5 Å². The van der Waals surface area contributed by atoms with Crippen molar-refractivity contribution in [1.29, 1.82) is 0 Å². The summed E-state index contributed by atoms with van der Waals surface area (Å²) >= 11 is 2.26. The number of halogens is 1. The minimum absolute atomic E-state index is 0.0107. The highest BCUT2D eigenvalue weighted by molar-refractivity contribution is 14.1. The molecule has 0 fully saturated rings. The minimum Gasteiger partial charge on any atom is -0.494 e. The number of anilines is 1. The van der Waals surface area contributed by atoms with Gasteiger partial charge in [-0.05, 0) is 77.9 Å². The van der Waals surface area contributed by atoms with Crippen molar-refractivity contribution < 1.29 is 9.53 Å². The van der Waals surface area contributed by atoms with Crippen molar-refractivity contribution in [2.45, 2.75) is 20.3 Å². The maximum absolute atomic E-state index is 12.1. The smallest absolute Gasteiger partial charge is 0.228 e. The first kappa shape index (κ1) is 15.8. The van der Waals surface area contributed by atoms with Crippen LogP contribution in [0.4, 0.5) is 5.69 Å². The summed E-state index contributed by atoms with van der Waals surface area (Å²) in [6, 6.07) is 13.6. The SMILES string of the molecule is CCOc1ccc(CC(=O)Nc2ccc(I)cc2C)cc1. The van der Waals surface area contributed by atoms with Gasteiger partial charge in [-0.3, -0.25) is 4.79 Å². The quantitative estimate of drug-likeness (QED) is 0.772. The molecule has 0 heterocycles. The molecule has 21 heavy (non-hydrogen) atoms. The summed E-state index contributed by atoms with van der Waals surface area (Å²) in [5.41, 5.74) is 2.91. The highest BCUT2D eigenvalue weighted by Crippen LogP contribution is 2.18. The van der Waals surface area contributed by atoms with Crippen LogP contribution in [-0.2, 0) is 11.2 Å². The molecule has 0 saturated carbocycles. The van der Waals surface area contributed by atoms with Gasteiger partial charge < -0.3 is 10.1 Å². The number of hydrogen-bond donors (Lipinski definition) is 1. The number of aryl methyl sites for hydroxylation is 1. The second-order valence-corrected chi connectivity index (χ2v) is 6.01. The van der Waals surface area contributed by atoms with Crippen LogP contribution in [0.25, 0.3) is 0 Å². The van der Waals surface area contributed by atoms with Crippen molar-refractivity contribution in [2.24, 2.45) is 0 Å². The monoisotopic (exact) mass is 395 g/mol. The summed E-state index contributed by atoms with van der Waals surface area (Å²) < 4.78 is 6.55. The molecule has 2 aromatic carbocycles. The lowest BCUT2D eigenvalue weighted by molar-refractivity contribution is -0.115. The molecule has 0 aliphatic carbocycles. The lowest BCUT2D eigenvalue weighted by Gasteiger charge is -2.09. The van der Waals surface area contributed by atoms with Gasteiger partial charge in [0.05, 0.1) is 13.0 Å². The van der Waals surface area contributed by atoms with Crippen LogP contribution in [0.1, 0.15) is 18.1 Å². The summed E-state index contributed by atoms with van der Waals surface area (Å²) in [4.78, 5) is 12.1. The van der Waals surface area contributed by atoms with Gasteiger partial charge >= 0.3 is 0 Å². The molecular weight excluding hydrogens is 377 g/mol. The van der Waals surface area contributed by atoms with E-state index < -0.39 is 0 Å². The Balaban J connectivity index is 1.98. The third-order valence-corrected chi connectivity index (χ3v) is 3.73. The molecule has 0 radical (unpaired) electrons. The maximum Gasteiger partial charge on any atom is 0.228 e. The molecule has 0 atom stereocenters. The fraction of sp³-hybridized carbons (Fsp3) is 0.235. The van der Waals surface area contributed by atoms with Crippen LogP contribution in [0, 0.1) is 10.5 Å². The van der Waals surface area contributed by atoms with Crippen molar-refractivity contribution in [3.8, 4) is 5.75 Å². The molecule has 0 spiro atoms. The average molecular weight is 395 g/mol. The molecule has 0 unspecified atom stereocenters. The molecule has 2 rings (SSSR count). The lowest BCUT2D eigenvalue weighted by Crippen LogP contribution is -2.15. The van der Waals surface area contributed by atoms with Crippen molar-refractivity contribution in [2.75, 3.05) is 11.9 Å². The van der Waals surface area contributed by atoms with Gasteiger partial charge in [-0.15, -0.1) is 0 Å². The van der Waals surface area contributed by atoms with E-state index in [4.69, 9.17) is 4.74 Å². The number of ether oxygens (including phenoxy) is 1. The minimum atomic E-state index is -0.0107. The van der Waals surface area contributed by atoms with Crippen molar-refractivity contribution in [3.05, 3.63) is 57.2 Å². The highest BCUT2D eigenvalue weighted by Gasteiger charge is 2.06. The fourth-order valence-corrected chi connectivity index (χ4v) is 2.66. The van der Waals surface area contributed by atoms with E-state index in [1.165, 1.54) is 0 Å². The van der Waals surface area contributed by atoms with Gasteiger partial charge in [0, 0.05) is 9.26 Å². The van der Waals surface area contributed by atoms with Gasteiger partial charge in [-0.25, -0.2) is 0 Å². The standard InChI is InChI=1S/C17H18INO2/c1-3-21-15-7-4-13(5-8-15)11-17(20)19-16-9-6-14(18)10-12(16)2/h4-10H,3,11H2,1-2H3,(H,19,20). The topological polar surface area (TPSA) is 38.3 Å². The zero-order valence-electron chi connectivity index (χ0n) is 12.2. The zero-order chi connectivity index (χ0) is 15.2. The number of amides is 1. The van der Waals surface area contributed by atoms with Crippen LogP contribution in [-0.4, -0.2) is 12.5 Å². The first-order chi connectivity index (χ1) is 10.1. The predicted octanol–water partition coefficient (Wildman–Crippen LogP) is 4.18. The number of nitrogens with one attached hydrogen (secondary N) is 1. The number of rotatable bonds is 5. The Bertz CT molecular complexity index is 623. The zero-order valence-corrected chi connectivity index (χ0v) is 14.3. The largest absolute Gasteiger partial charge is 0.494 e. The van der Waals surface area contributed by atoms with Crippen molar-refractivity contribution in [3.63, 3.8) is 0 Å². The van der Waals surface area contributed by atoms with E-state index in [1.807, 2.05) is 56.3 Å². The second-order valence-electron chi connectivity index (χ2n) is 4.76. The van der Waals surface area contributed by atoms with E-state index in [2.05, 4.69) is 27.9 Å². The Hall–Kier alpha value is -1.56. The Morgan fingerprint density at radius 1 is 1.19 bits per heavy atom. The maximum atomic E-state index is 12.1. The average Bonchev–Trinajstić information content (AvgIpc) is 2.44. The summed E-state index contributed by atoms with van der Waals surface area (Å²) in [5.74, 6) is 0.818. The third kappa shape index (κ3) is 4.74. The van der Waals surface area contributed by atoms with E-state index in [1.54, 1.807) is 0 Å².